The molecule has 4 aromatic rings. The van der Waals surface area contributed by atoms with E-state index in [0.29, 0.717) is 29.9 Å². The Bertz CT molecular complexity index is 1420. The Morgan fingerprint density at radius 1 is 1.05 bits per heavy atom. The van der Waals surface area contributed by atoms with E-state index >= 15 is 0 Å². The Morgan fingerprint density at radius 2 is 1.81 bits per heavy atom. The van der Waals surface area contributed by atoms with E-state index in [2.05, 4.69) is 67.4 Å². The van der Waals surface area contributed by atoms with Crippen LogP contribution < -0.4 is 14.9 Å². The lowest BCUT2D eigenvalue weighted by atomic mass is 10.1. The molecular formula is C28H27IN4O3S. The molecule has 9 heteroatoms. The van der Waals surface area contributed by atoms with Crippen LogP contribution in [0.4, 0.5) is 0 Å². The van der Waals surface area contributed by atoms with Crippen LogP contribution in [0.5, 0.6) is 11.5 Å². The molecule has 0 unspecified atom stereocenters. The van der Waals surface area contributed by atoms with E-state index in [9.17, 15) is 4.79 Å². The normalized spacial score (nSPS) is 11.1. The Kier molecular flexibility index (Phi) is 9.34. The maximum absolute atomic E-state index is 12.2. The average Bonchev–Trinajstić information content (AvgIpc) is 2.87. The number of carbonyl (C=O) groups excluding carboxylic acids is 1. The number of nitrogens with zero attached hydrogens (tertiary/aromatic N) is 3. The largest absolute Gasteiger partial charge is 0.490 e. The lowest BCUT2D eigenvalue weighted by Crippen LogP contribution is -2.19. The maximum Gasteiger partial charge on any atom is 0.250 e. The fourth-order valence-electron chi connectivity index (χ4n) is 3.73. The topological polar surface area (TPSA) is 85.7 Å². The number of halogens is 1. The number of amides is 1. The van der Waals surface area contributed by atoms with E-state index in [1.54, 1.807) is 6.21 Å². The Hall–Kier alpha value is -3.18. The van der Waals surface area contributed by atoms with Gasteiger partial charge in [-0.2, -0.15) is 5.10 Å². The summed E-state index contributed by atoms with van der Waals surface area (Å²) in [5, 5.41) is 7.03. The molecule has 0 bridgehead atoms. The van der Waals surface area contributed by atoms with Crippen molar-refractivity contribution in [3.63, 3.8) is 0 Å². The molecule has 1 aromatic heterocycles. The first-order valence-electron chi connectivity index (χ1n) is 11.8. The summed E-state index contributed by atoms with van der Waals surface area (Å²) >= 11 is 3.51. The highest BCUT2D eigenvalue weighted by atomic mass is 127. The number of fused-ring (bicyclic) bond motifs is 1. The molecule has 0 spiro atoms. The highest BCUT2D eigenvalue weighted by Crippen LogP contribution is 2.35. The van der Waals surface area contributed by atoms with Crippen molar-refractivity contribution in [2.24, 2.45) is 5.10 Å². The van der Waals surface area contributed by atoms with Crippen LogP contribution in [0.3, 0.4) is 0 Å². The molecule has 0 aliphatic heterocycles. The highest BCUT2D eigenvalue weighted by Gasteiger charge is 2.13. The quantitative estimate of drug-likeness (QED) is 0.0757. The number of thioether (sulfide) groups is 1. The highest BCUT2D eigenvalue weighted by molar-refractivity contribution is 14.1. The molecule has 0 fully saturated rings. The van der Waals surface area contributed by atoms with Gasteiger partial charge in [-0.25, -0.2) is 15.4 Å². The first-order chi connectivity index (χ1) is 17.9. The summed E-state index contributed by atoms with van der Waals surface area (Å²) in [6.45, 7) is 6.65. The number of aromatic nitrogens is 2. The van der Waals surface area contributed by atoms with E-state index in [-0.39, 0.29) is 11.7 Å². The van der Waals surface area contributed by atoms with Gasteiger partial charge >= 0.3 is 0 Å². The van der Waals surface area contributed by atoms with Crippen LogP contribution >= 0.6 is 34.4 Å². The zero-order chi connectivity index (χ0) is 26.2. The third-order valence-electron chi connectivity index (χ3n) is 5.28. The number of carbonyl (C=O) groups is 1. The molecule has 0 saturated heterocycles. The number of hydrazone groups is 1. The molecule has 37 heavy (non-hydrogen) atoms. The van der Waals surface area contributed by atoms with E-state index in [0.717, 1.165) is 26.1 Å². The van der Waals surface area contributed by atoms with Crippen LogP contribution in [0.2, 0.25) is 0 Å². The molecule has 1 heterocycles. The number of nitrogens with one attached hydrogen (secondary N) is 1. The van der Waals surface area contributed by atoms with Crippen LogP contribution in [0.1, 0.15) is 29.4 Å². The smallest absolute Gasteiger partial charge is 0.250 e. The lowest BCUT2D eigenvalue weighted by molar-refractivity contribution is -0.118. The maximum atomic E-state index is 12.2. The van der Waals surface area contributed by atoms with Crippen molar-refractivity contribution in [3.8, 4) is 11.5 Å². The van der Waals surface area contributed by atoms with Gasteiger partial charge in [0, 0.05) is 11.4 Å². The average molecular weight is 627 g/mol. The first-order valence-corrected chi connectivity index (χ1v) is 13.8. The van der Waals surface area contributed by atoms with Gasteiger partial charge in [0.2, 0.25) is 0 Å². The van der Waals surface area contributed by atoms with Gasteiger partial charge in [0.05, 0.1) is 22.1 Å². The summed E-state index contributed by atoms with van der Waals surface area (Å²) in [5.74, 6) is 1.24. The van der Waals surface area contributed by atoms with Gasteiger partial charge in [-0.1, -0.05) is 54.2 Å². The summed E-state index contributed by atoms with van der Waals surface area (Å²) in [6.07, 6.45) is 1.59. The van der Waals surface area contributed by atoms with Gasteiger partial charge in [0.25, 0.3) is 5.91 Å². The van der Waals surface area contributed by atoms with Gasteiger partial charge in [-0.05, 0) is 83.5 Å². The van der Waals surface area contributed by atoms with E-state index in [1.165, 1.54) is 22.5 Å². The fourth-order valence-corrected chi connectivity index (χ4v) is 5.26. The molecule has 190 valence electrons. The van der Waals surface area contributed by atoms with Crippen LogP contribution in [0.15, 0.2) is 70.9 Å². The number of aryl methyl sites for hydroxylation is 2. The summed E-state index contributed by atoms with van der Waals surface area (Å²) in [7, 11) is 0. The summed E-state index contributed by atoms with van der Waals surface area (Å²) in [4.78, 5) is 20.9. The van der Waals surface area contributed by atoms with Crippen LogP contribution in [0.25, 0.3) is 10.8 Å². The molecular weight excluding hydrogens is 599 g/mol. The Morgan fingerprint density at radius 3 is 2.59 bits per heavy atom. The number of benzene rings is 3. The minimum Gasteiger partial charge on any atom is -0.490 e. The van der Waals surface area contributed by atoms with Crippen LogP contribution in [-0.4, -0.2) is 34.4 Å². The second-order valence-corrected chi connectivity index (χ2v) is 10.3. The monoisotopic (exact) mass is 626 g/mol. The minimum atomic E-state index is -0.237. The first kappa shape index (κ1) is 26.9. The van der Waals surface area contributed by atoms with Crippen LogP contribution in [0, 0.1) is 17.4 Å². The molecule has 4 rings (SSSR count). The van der Waals surface area contributed by atoms with Gasteiger partial charge < -0.3 is 9.47 Å². The molecule has 0 saturated carbocycles. The summed E-state index contributed by atoms with van der Waals surface area (Å²) in [5.41, 5.74) is 6.20. The van der Waals surface area contributed by atoms with E-state index in [4.69, 9.17) is 9.47 Å². The standard InChI is InChI=1S/C28H27IN4O3S/c1-4-35-25-14-20(15-30-33-26(34)17-37-28-31-18(2)12-19(3)32-28)13-24(29)27(25)36-16-22-10-7-9-21-8-5-6-11-23(21)22/h5-15H,4,16-17H2,1-3H3,(H,33,34)/b30-15-. The number of hydrogen-bond acceptors (Lipinski definition) is 7. The number of rotatable bonds is 10. The SMILES string of the molecule is CCOc1cc(/C=N\NC(=O)CSc2nc(C)cc(C)n2)cc(I)c1OCc1cccc2ccccc12. The molecule has 3 aromatic carbocycles. The van der Waals surface area contributed by atoms with Crippen molar-refractivity contribution < 1.29 is 14.3 Å². The molecule has 7 nitrogen and oxygen atoms in total. The van der Waals surface area contributed by atoms with Crippen molar-refractivity contribution in [2.75, 3.05) is 12.4 Å². The van der Waals surface area contributed by atoms with Crippen molar-refractivity contribution >= 4 is 57.2 Å². The van der Waals surface area contributed by atoms with E-state index < -0.39 is 0 Å². The third kappa shape index (κ3) is 7.42. The molecule has 1 amide bonds. The number of ether oxygens (including phenoxy) is 2. The van der Waals surface area contributed by atoms with Gasteiger partial charge in [-0.15, -0.1) is 0 Å². The second-order valence-electron chi connectivity index (χ2n) is 8.21. The Balaban J connectivity index is 1.41. The predicted molar refractivity (Wildman–Crippen MR) is 157 cm³/mol. The zero-order valence-corrected chi connectivity index (χ0v) is 23.8. The van der Waals surface area contributed by atoms with Gasteiger partial charge in [0.15, 0.2) is 16.7 Å². The van der Waals surface area contributed by atoms with Crippen molar-refractivity contribution in [3.05, 3.63) is 86.7 Å². The molecule has 0 radical (unpaired) electrons. The predicted octanol–water partition coefficient (Wildman–Crippen LogP) is 6.07. The van der Waals surface area contributed by atoms with Crippen LogP contribution in [-0.2, 0) is 11.4 Å². The minimum absolute atomic E-state index is 0.170. The molecule has 0 aliphatic rings. The Labute approximate surface area is 234 Å². The van der Waals surface area contributed by atoms with Crippen molar-refractivity contribution in [2.45, 2.75) is 32.5 Å². The number of hydrogen-bond donors (Lipinski definition) is 1. The third-order valence-corrected chi connectivity index (χ3v) is 6.93. The zero-order valence-electron chi connectivity index (χ0n) is 20.8. The van der Waals surface area contributed by atoms with Gasteiger partial charge in [0.1, 0.15) is 6.61 Å². The summed E-state index contributed by atoms with van der Waals surface area (Å²) in [6, 6.07) is 20.2. The fraction of sp³-hybridized carbons (Fsp3) is 0.214. The van der Waals surface area contributed by atoms with Gasteiger partial charge in [-0.3, -0.25) is 4.79 Å². The van der Waals surface area contributed by atoms with E-state index in [1.807, 2.05) is 57.2 Å². The van der Waals surface area contributed by atoms with Crippen molar-refractivity contribution in [1.29, 1.82) is 0 Å². The molecule has 0 atom stereocenters. The second kappa shape index (κ2) is 12.9. The van der Waals surface area contributed by atoms with Crippen molar-refractivity contribution in [1.82, 2.24) is 15.4 Å². The molecule has 0 aliphatic carbocycles. The summed E-state index contributed by atoms with van der Waals surface area (Å²) < 4.78 is 13.0. The molecule has 1 N–H and O–H groups in total. The lowest BCUT2D eigenvalue weighted by Gasteiger charge is -2.15.